The number of esters is 1. The highest BCUT2D eigenvalue weighted by Crippen LogP contribution is 2.05. The van der Waals surface area contributed by atoms with Crippen LogP contribution >= 0.6 is 0 Å². The smallest absolute Gasteiger partial charge is 0.341 e. The van der Waals surface area contributed by atoms with Crippen LogP contribution in [0.4, 0.5) is 0 Å². The number of carbonyl (C=O) groups excluding carboxylic acids is 1. The van der Waals surface area contributed by atoms with Gasteiger partial charge in [-0.2, -0.15) is 0 Å². The predicted molar refractivity (Wildman–Crippen MR) is 79.7 cm³/mol. The Balaban J connectivity index is 2.58. The number of aliphatic hydroxyl groups excluding tert-OH is 1. The van der Waals surface area contributed by atoms with Crippen LogP contribution in [0.25, 0.3) is 0 Å². The lowest BCUT2D eigenvalue weighted by atomic mass is 10.2. The van der Waals surface area contributed by atoms with Gasteiger partial charge in [0.05, 0.1) is 18.7 Å². The van der Waals surface area contributed by atoms with E-state index in [0.717, 1.165) is 5.56 Å². The highest BCUT2D eigenvalue weighted by Gasteiger charge is 2.09. The molecular weight excluding hydrogens is 254 g/mol. The lowest BCUT2D eigenvalue weighted by Gasteiger charge is -2.02. The molecule has 0 saturated carbocycles. The summed E-state index contributed by atoms with van der Waals surface area (Å²) in [6, 6.07) is 9.84. The summed E-state index contributed by atoms with van der Waals surface area (Å²) >= 11 is 0. The van der Waals surface area contributed by atoms with Crippen LogP contribution in [0.3, 0.4) is 0 Å². The zero-order valence-electron chi connectivity index (χ0n) is 11.7. The molecule has 0 heterocycles. The number of hydrogen-bond donors (Lipinski definition) is 1. The van der Waals surface area contributed by atoms with E-state index in [4.69, 9.17) is 4.74 Å². The van der Waals surface area contributed by atoms with Crippen LogP contribution in [0.15, 0.2) is 58.8 Å². The number of benzene rings is 1. The molecule has 1 aromatic carbocycles. The van der Waals surface area contributed by atoms with Crippen LogP contribution in [0.2, 0.25) is 0 Å². The largest absolute Gasteiger partial charge is 0.512 e. The summed E-state index contributed by atoms with van der Waals surface area (Å²) in [6.07, 6.45) is 4.69. The van der Waals surface area contributed by atoms with Gasteiger partial charge in [-0.15, -0.1) is 0 Å². The molecule has 0 aliphatic rings. The maximum atomic E-state index is 11.5. The molecule has 0 fully saturated rings. The molecule has 1 rings (SSSR count). The Hall–Kier alpha value is -2.36. The van der Waals surface area contributed by atoms with Crippen LogP contribution in [-0.2, 0) is 16.1 Å². The van der Waals surface area contributed by atoms with Crippen molar-refractivity contribution in [2.24, 2.45) is 4.99 Å². The van der Waals surface area contributed by atoms with Gasteiger partial charge < -0.3 is 9.84 Å². The van der Waals surface area contributed by atoms with Crippen molar-refractivity contribution in [2.45, 2.75) is 20.4 Å². The number of nitrogens with zero attached hydrogens (tertiary/aromatic N) is 1. The quantitative estimate of drug-likeness (QED) is 0.285. The number of ether oxygens (including phenoxy) is 1. The van der Waals surface area contributed by atoms with E-state index in [0.29, 0.717) is 6.54 Å². The van der Waals surface area contributed by atoms with Crippen molar-refractivity contribution in [3.05, 3.63) is 59.4 Å². The first-order chi connectivity index (χ1) is 9.65. The Morgan fingerprint density at radius 2 is 2.05 bits per heavy atom. The minimum Gasteiger partial charge on any atom is -0.512 e. The van der Waals surface area contributed by atoms with E-state index >= 15 is 0 Å². The number of carbonyl (C=O) groups is 1. The molecule has 1 N–H and O–H groups in total. The maximum absolute atomic E-state index is 11.5. The summed E-state index contributed by atoms with van der Waals surface area (Å²) < 4.78 is 4.84. The first-order valence-corrected chi connectivity index (χ1v) is 6.42. The van der Waals surface area contributed by atoms with Crippen LogP contribution in [0.5, 0.6) is 0 Å². The van der Waals surface area contributed by atoms with E-state index in [2.05, 4.69) is 4.99 Å². The molecule has 20 heavy (non-hydrogen) atoms. The highest BCUT2D eigenvalue weighted by atomic mass is 16.5. The molecule has 0 aliphatic heterocycles. The Kier molecular flexibility index (Phi) is 6.82. The van der Waals surface area contributed by atoms with Gasteiger partial charge in [-0.25, -0.2) is 4.79 Å². The van der Waals surface area contributed by atoms with E-state index in [1.165, 1.54) is 13.0 Å². The Morgan fingerprint density at radius 3 is 2.65 bits per heavy atom. The number of aliphatic hydroxyl groups is 1. The Morgan fingerprint density at radius 1 is 1.35 bits per heavy atom. The topological polar surface area (TPSA) is 58.9 Å². The first kappa shape index (κ1) is 15.7. The summed E-state index contributed by atoms with van der Waals surface area (Å²) in [4.78, 5) is 15.7. The van der Waals surface area contributed by atoms with Gasteiger partial charge in [0, 0.05) is 6.21 Å². The minimum atomic E-state index is -0.541. The summed E-state index contributed by atoms with van der Waals surface area (Å²) in [5.74, 6) is -0.614. The zero-order valence-corrected chi connectivity index (χ0v) is 11.7. The summed E-state index contributed by atoms with van der Waals surface area (Å²) in [5.41, 5.74) is 1.25. The lowest BCUT2D eigenvalue weighted by molar-refractivity contribution is -0.138. The molecule has 0 amide bonds. The fourth-order valence-electron chi connectivity index (χ4n) is 1.49. The fraction of sp³-hybridized carbons (Fsp3) is 0.250. The van der Waals surface area contributed by atoms with Crippen LogP contribution in [-0.4, -0.2) is 23.9 Å². The second-order valence-corrected chi connectivity index (χ2v) is 4.05. The van der Waals surface area contributed by atoms with E-state index in [-0.39, 0.29) is 17.9 Å². The van der Waals surface area contributed by atoms with Gasteiger partial charge in [-0.3, -0.25) is 4.99 Å². The molecule has 0 aromatic heterocycles. The molecule has 0 atom stereocenters. The van der Waals surface area contributed by atoms with Crippen molar-refractivity contribution in [3.63, 3.8) is 0 Å². The number of hydrogen-bond acceptors (Lipinski definition) is 4. The van der Waals surface area contributed by atoms with Crippen LogP contribution < -0.4 is 0 Å². The molecule has 0 bridgehead atoms. The maximum Gasteiger partial charge on any atom is 0.341 e. The van der Waals surface area contributed by atoms with Gasteiger partial charge in [-0.05, 0) is 31.6 Å². The monoisotopic (exact) mass is 273 g/mol. The number of rotatable bonds is 6. The molecule has 106 valence electrons. The highest BCUT2D eigenvalue weighted by molar-refractivity contribution is 5.93. The second-order valence-electron chi connectivity index (χ2n) is 4.05. The van der Waals surface area contributed by atoms with Crippen molar-refractivity contribution in [1.29, 1.82) is 0 Å². The average molecular weight is 273 g/mol. The van der Waals surface area contributed by atoms with Crippen LogP contribution in [0.1, 0.15) is 19.4 Å². The molecule has 0 radical (unpaired) electrons. The molecule has 0 spiro atoms. The fourth-order valence-corrected chi connectivity index (χ4v) is 1.49. The van der Waals surface area contributed by atoms with Gasteiger partial charge >= 0.3 is 5.97 Å². The van der Waals surface area contributed by atoms with Crippen molar-refractivity contribution >= 4 is 12.2 Å². The van der Waals surface area contributed by atoms with Gasteiger partial charge in [0.2, 0.25) is 0 Å². The Labute approximate surface area is 119 Å². The average Bonchev–Trinajstić information content (AvgIpc) is 2.43. The first-order valence-electron chi connectivity index (χ1n) is 6.42. The Bertz CT molecular complexity index is 512. The van der Waals surface area contributed by atoms with Gasteiger partial charge in [0.15, 0.2) is 0 Å². The van der Waals surface area contributed by atoms with Crippen molar-refractivity contribution < 1.29 is 14.6 Å². The standard InChI is InChI=1S/C16H19NO3/c1-3-20-16(19)15(13(2)18)10-7-11-17-12-14-8-5-4-6-9-14/h4-11,18H,3,12H2,1-2H3/b10-7+,15-13-,17-11?. The van der Waals surface area contributed by atoms with E-state index in [1.807, 2.05) is 30.3 Å². The lowest BCUT2D eigenvalue weighted by Crippen LogP contribution is -2.07. The van der Waals surface area contributed by atoms with Gasteiger partial charge in [0.25, 0.3) is 0 Å². The summed E-state index contributed by atoms with van der Waals surface area (Å²) in [5, 5.41) is 9.43. The molecule has 0 saturated heterocycles. The third-order valence-electron chi connectivity index (χ3n) is 2.46. The van der Waals surface area contributed by atoms with Crippen molar-refractivity contribution in [2.75, 3.05) is 6.61 Å². The van der Waals surface area contributed by atoms with Crippen molar-refractivity contribution in [1.82, 2.24) is 0 Å². The predicted octanol–water partition coefficient (Wildman–Crippen LogP) is 3.21. The summed E-state index contributed by atoms with van der Waals surface area (Å²) in [7, 11) is 0. The zero-order chi connectivity index (χ0) is 14.8. The molecule has 1 aromatic rings. The number of allylic oxidation sites excluding steroid dienone is 2. The molecule has 4 nitrogen and oxygen atoms in total. The minimum absolute atomic E-state index is 0.0730. The molecular formula is C16H19NO3. The third-order valence-corrected chi connectivity index (χ3v) is 2.46. The van der Waals surface area contributed by atoms with E-state index in [1.54, 1.807) is 19.2 Å². The van der Waals surface area contributed by atoms with Gasteiger partial charge in [0.1, 0.15) is 5.76 Å². The number of aliphatic imine (C=N–C) groups is 1. The molecule has 0 unspecified atom stereocenters. The molecule has 4 heteroatoms. The van der Waals surface area contributed by atoms with E-state index < -0.39 is 5.97 Å². The van der Waals surface area contributed by atoms with Crippen molar-refractivity contribution in [3.8, 4) is 0 Å². The second kappa shape index (κ2) is 8.69. The third kappa shape index (κ3) is 5.52. The van der Waals surface area contributed by atoms with Crippen LogP contribution in [0, 0.1) is 0 Å². The summed E-state index contributed by atoms with van der Waals surface area (Å²) in [6.45, 7) is 4.00. The van der Waals surface area contributed by atoms with Gasteiger partial charge in [-0.1, -0.05) is 30.3 Å². The SMILES string of the molecule is CCOC(=O)C(/C=C/C=NCc1ccccc1)=C(/C)O. The normalized spacial score (nSPS) is 12.7. The molecule has 0 aliphatic carbocycles. The van der Waals surface area contributed by atoms with E-state index in [9.17, 15) is 9.90 Å².